The number of carboxylic acid groups (broad SMARTS) is 1. The van der Waals surface area contributed by atoms with Crippen molar-refractivity contribution in [1.82, 2.24) is 0 Å². The number of hydrogen-bond acceptors (Lipinski definition) is 6. The van der Waals surface area contributed by atoms with Crippen molar-refractivity contribution in [2.75, 3.05) is 28.2 Å². The van der Waals surface area contributed by atoms with E-state index in [2.05, 4.69) is 0 Å². The minimum atomic E-state index is -3.99. The zero-order valence-electron chi connectivity index (χ0n) is 10.5. The lowest BCUT2D eigenvalue weighted by molar-refractivity contribution is 0.0698. The molecule has 0 aliphatic heterocycles. The van der Waals surface area contributed by atoms with E-state index in [4.69, 9.17) is 10.8 Å². The first-order valence-electron chi connectivity index (χ1n) is 5.31. The van der Waals surface area contributed by atoms with Crippen molar-refractivity contribution < 1.29 is 26.7 Å². The predicted octanol–water partition coefficient (Wildman–Crippen LogP) is -0.247. The molecule has 0 spiro atoms. The quantitative estimate of drug-likeness (QED) is 0.613. The molecule has 0 radical (unpaired) electrons. The third kappa shape index (κ3) is 5.05. The topological polar surface area (TPSA) is 144 Å². The summed E-state index contributed by atoms with van der Waals surface area (Å²) in [6, 6.07) is 3.63. The van der Waals surface area contributed by atoms with E-state index in [0.717, 1.165) is 18.4 Å². The van der Waals surface area contributed by atoms with Gasteiger partial charge in [0.2, 0.25) is 10.0 Å². The van der Waals surface area contributed by atoms with E-state index >= 15 is 0 Å². The van der Waals surface area contributed by atoms with E-state index in [1.54, 1.807) is 0 Å². The van der Waals surface area contributed by atoms with Gasteiger partial charge in [0.1, 0.15) is 9.84 Å². The Balaban J connectivity index is 3.03. The number of nitrogen functional groups attached to an aromatic ring is 1. The first-order chi connectivity index (χ1) is 9.00. The summed E-state index contributed by atoms with van der Waals surface area (Å²) in [7, 11) is -7.43. The zero-order valence-corrected chi connectivity index (χ0v) is 12.2. The smallest absolute Gasteiger partial charge is 0.337 e. The second-order valence-electron chi connectivity index (χ2n) is 4.16. The highest BCUT2D eigenvalue weighted by atomic mass is 32.2. The van der Waals surface area contributed by atoms with Crippen LogP contribution in [0.5, 0.6) is 0 Å². The average molecular weight is 322 g/mol. The monoisotopic (exact) mass is 322 g/mol. The highest BCUT2D eigenvalue weighted by Crippen LogP contribution is 2.20. The Kier molecular flexibility index (Phi) is 4.61. The number of benzene rings is 1. The standard InChI is InChI=1S/C10H14N2O6S2/c1-19(15,16)4-5-20(17,18)12-9-6-7(11)2-3-8(9)10(13)14/h2-3,6,12H,4-5,11H2,1H3,(H,13,14). The largest absolute Gasteiger partial charge is 0.478 e. The molecular formula is C10H14N2O6S2. The van der Waals surface area contributed by atoms with E-state index in [9.17, 15) is 21.6 Å². The number of aromatic carboxylic acids is 1. The van der Waals surface area contributed by atoms with Crippen LogP contribution in [0.25, 0.3) is 0 Å². The van der Waals surface area contributed by atoms with Crippen LogP contribution in [0.2, 0.25) is 0 Å². The van der Waals surface area contributed by atoms with Crippen LogP contribution in [0.4, 0.5) is 11.4 Å². The lowest BCUT2D eigenvalue weighted by Crippen LogP contribution is -2.23. The molecule has 112 valence electrons. The van der Waals surface area contributed by atoms with Gasteiger partial charge in [-0.3, -0.25) is 4.72 Å². The van der Waals surface area contributed by atoms with Crippen molar-refractivity contribution in [3.8, 4) is 0 Å². The molecule has 0 bridgehead atoms. The Morgan fingerprint density at radius 1 is 1.25 bits per heavy atom. The van der Waals surface area contributed by atoms with Crippen LogP contribution in [0.1, 0.15) is 10.4 Å². The van der Waals surface area contributed by atoms with Gasteiger partial charge in [0, 0.05) is 11.9 Å². The summed E-state index contributed by atoms with van der Waals surface area (Å²) in [4.78, 5) is 11.0. The number of anilines is 2. The molecule has 0 amide bonds. The molecule has 0 unspecified atom stereocenters. The summed E-state index contributed by atoms with van der Waals surface area (Å²) in [5.41, 5.74) is 5.16. The SMILES string of the molecule is CS(=O)(=O)CCS(=O)(=O)Nc1cc(N)ccc1C(=O)O. The molecule has 0 aliphatic carbocycles. The van der Waals surface area contributed by atoms with Crippen LogP contribution in [0, 0.1) is 0 Å². The van der Waals surface area contributed by atoms with Gasteiger partial charge in [0.25, 0.3) is 0 Å². The molecule has 8 nitrogen and oxygen atoms in total. The Bertz CT molecular complexity index is 724. The van der Waals surface area contributed by atoms with E-state index in [0.29, 0.717) is 0 Å². The first kappa shape index (κ1) is 16.2. The van der Waals surface area contributed by atoms with Gasteiger partial charge in [0.15, 0.2) is 0 Å². The van der Waals surface area contributed by atoms with Crippen molar-refractivity contribution in [1.29, 1.82) is 0 Å². The van der Waals surface area contributed by atoms with Gasteiger partial charge in [-0.05, 0) is 18.2 Å². The van der Waals surface area contributed by atoms with Gasteiger partial charge < -0.3 is 10.8 Å². The summed E-state index contributed by atoms with van der Waals surface area (Å²) in [6.07, 6.45) is 0.908. The molecule has 20 heavy (non-hydrogen) atoms. The Morgan fingerprint density at radius 2 is 1.85 bits per heavy atom. The van der Waals surface area contributed by atoms with E-state index in [1.165, 1.54) is 6.07 Å². The fourth-order valence-corrected chi connectivity index (χ4v) is 4.01. The Labute approximate surface area is 116 Å². The van der Waals surface area contributed by atoms with Gasteiger partial charge in [-0.1, -0.05) is 0 Å². The Hall–Kier alpha value is -1.81. The number of sulfone groups is 1. The average Bonchev–Trinajstić information content (AvgIpc) is 2.24. The molecular weight excluding hydrogens is 308 g/mol. The molecule has 0 heterocycles. The summed E-state index contributed by atoms with van der Waals surface area (Å²) in [6.45, 7) is 0. The van der Waals surface area contributed by atoms with Gasteiger partial charge in [-0.25, -0.2) is 21.6 Å². The molecule has 0 aromatic heterocycles. The van der Waals surface area contributed by atoms with Crippen molar-refractivity contribution in [3.63, 3.8) is 0 Å². The maximum Gasteiger partial charge on any atom is 0.337 e. The minimum Gasteiger partial charge on any atom is -0.478 e. The number of sulfonamides is 1. The van der Waals surface area contributed by atoms with Gasteiger partial charge in [-0.15, -0.1) is 0 Å². The number of carbonyl (C=O) groups is 1. The van der Waals surface area contributed by atoms with E-state index in [-0.39, 0.29) is 16.9 Å². The van der Waals surface area contributed by atoms with Crippen molar-refractivity contribution >= 4 is 37.2 Å². The van der Waals surface area contributed by atoms with E-state index < -0.39 is 37.3 Å². The molecule has 4 N–H and O–H groups in total. The molecule has 1 aromatic carbocycles. The molecule has 1 rings (SSSR count). The number of rotatable bonds is 6. The van der Waals surface area contributed by atoms with Crippen molar-refractivity contribution in [2.45, 2.75) is 0 Å². The van der Waals surface area contributed by atoms with Gasteiger partial charge in [-0.2, -0.15) is 0 Å². The van der Waals surface area contributed by atoms with E-state index in [1.807, 2.05) is 4.72 Å². The van der Waals surface area contributed by atoms with Crippen LogP contribution >= 0.6 is 0 Å². The van der Waals surface area contributed by atoms with Crippen molar-refractivity contribution in [2.24, 2.45) is 0 Å². The fourth-order valence-electron chi connectivity index (χ4n) is 1.31. The number of nitrogens with two attached hydrogens (primary N) is 1. The molecule has 0 fully saturated rings. The number of carboxylic acids is 1. The van der Waals surface area contributed by atoms with Crippen LogP contribution in [0.3, 0.4) is 0 Å². The molecule has 0 saturated carbocycles. The van der Waals surface area contributed by atoms with Crippen LogP contribution in [-0.4, -0.2) is 45.7 Å². The normalized spacial score (nSPS) is 12.1. The lowest BCUT2D eigenvalue weighted by atomic mass is 10.1. The second-order valence-corrected chi connectivity index (χ2v) is 8.26. The Morgan fingerprint density at radius 3 is 2.35 bits per heavy atom. The van der Waals surface area contributed by atoms with Crippen LogP contribution in [0.15, 0.2) is 18.2 Å². The first-order valence-corrected chi connectivity index (χ1v) is 9.02. The lowest BCUT2D eigenvalue weighted by Gasteiger charge is -2.10. The maximum atomic E-state index is 11.7. The fraction of sp³-hybridized carbons (Fsp3) is 0.300. The third-order valence-corrected chi connectivity index (χ3v) is 4.74. The highest BCUT2D eigenvalue weighted by molar-refractivity contribution is 7.95. The minimum absolute atomic E-state index is 0.177. The molecule has 10 heteroatoms. The maximum absolute atomic E-state index is 11.7. The third-order valence-electron chi connectivity index (χ3n) is 2.26. The molecule has 0 aliphatic rings. The second kappa shape index (κ2) is 5.67. The highest BCUT2D eigenvalue weighted by Gasteiger charge is 2.18. The number of nitrogens with one attached hydrogen (secondary N) is 1. The molecule has 0 saturated heterocycles. The predicted molar refractivity (Wildman–Crippen MR) is 74.9 cm³/mol. The summed E-state index contributed by atoms with van der Waals surface area (Å²) >= 11 is 0. The summed E-state index contributed by atoms with van der Waals surface area (Å²) in [5.74, 6) is -2.56. The van der Waals surface area contributed by atoms with Gasteiger partial charge in [0.05, 0.1) is 22.8 Å². The number of hydrogen-bond donors (Lipinski definition) is 3. The van der Waals surface area contributed by atoms with Gasteiger partial charge >= 0.3 is 5.97 Å². The van der Waals surface area contributed by atoms with Crippen LogP contribution < -0.4 is 10.5 Å². The van der Waals surface area contributed by atoms with Crippen LogP contribution in [-0.2, 0) is 19.9 Å². The molecule has 1 aromatic rings. The van der Waals surface area contributed by atoms with Crippen molar-refractivity contribution in [3.05, 3.63) is 23.8 Å². The molecule has 0 atom stereocenters. The summed E-state index contributed by atoms with van der Waals surface area (Å²) in [5, 5.41) is 8.94. The summed E-state index contributed by atoms with van der Waals surface area (Å²) < 4.78 is 47.4. The zero-order chi connectivity index (χ0) is 15.6.